The number of rotatable bonds is 5. The molecule has 1 aromatic heterocycles. The number of furan rings is 1. The van der Waals surface area contributed by atoms with E-state index in [1.165, 1.54) is 55.6 Å². The summed E-state index contributed by atoms with van der Waals surface area (Å²) in [6, 6.07) is 62.4. The van der Waals surface area contributed by atoms with Crippen molar-refractivity contribution in [3.8, 4) is 0 Å². The van der Waals surface area contributed by atoms with Gasteiger partial charge in [0, 0.05) is 56.1 Å². The second-order valence-corrected chi connectivity index (χ2v) is 26.0. The zero-order valence-corrected chi connectivity index (χ0v) is 45.9. The second-order valence-electron chi connectivity index (χ2n) is 26.0. The lowest BCUT2D eigenvalue weighted by Crippen LogP contribution is -2.61. The van der Waals surface area contributed by atoms with Crippen LogP contribution in [0.25, 0.3) is 21.9 Å². The fourth-order valence-electron chi connectivity index (χ4n) is 11.4. The van der Waals surface area contributed by atoms with E-state index in [0.717, 1.165) is 61.8 Å². The molecule has 0 radical (unpaired) electrons. The topological polar surface area (TPSA) is 22.9 Å². The lowest BCUT2D eigenvalue weighted by Gasteiger charge is -2.46. The Morgan fingerprint density at radius 2 is 0.822 bits per heavy atom. The predicted molar refractivity (Wildman–Crippen MR) is 316 cm³/mol. The van der Waals surface area contributed by atoms with E-state index in [4.69, 9.17) is 4.42 Å². The van der Waals surface area contributed by atoms with E-state index in [9.17, 15) is 0 Å². The minimum absolute atomic E-state index is 0.0454. The SMILES string of the molecule is CC(C)(C)c1cccc(N2c3cc(C(C)(C)C)ccc3B3c4ccc(C(C)(C)C)cc4N(c4cccc(C(C)(C)C)c4)c4cc(N(c5ccccc5)c5cccc6c5oc5c(C(C)(C)C)cccc56)cc2c43)c1. The Hall–Kier alpha value is -6.98. The summed E-state index contributed by atoms with van der Waals surface area (Å²) in [6.07, 6.45) is 0. The third kappa shape index (κ3) is 8.24. The summed E-state index contributed by atoms with van der Waals surface area (Å²) in [5, 5.41) is 2.24. The molecule has 2 aliphatic rings. The molecule has 0 N–H and O–H groups in total. The monoisotopic (exact) mass is 958 g/mol. The van der Waals surface area contributed by atoms with Crippen molar-refractivity contribution in [1.82, 2.24) is 0 Å². The van der Waals surface area contributed by atoms with Gasteiger partial charge in [-0.25, -0.2) is 0 Å². The fourth-order valence-corrected chi connectivity index (χ4v) is 11.4. The van der Waals surface area contributed by atoms with Crippen molar-refractivity contribution in [3.05, 3.63) is 192 Å². The molecule has 0 spiro atoms. The van der Waals surface area contributed by atoms with Gasteiger partial charge in [-0.2, -0.15) is 0 Å². The number of hydrogen-bond donors (Lipinski definition) is 0. The van der Waals surface area contributed by atoms with Gasteiger partial charge >= 0.3 is 0 Å². The van der Waals surface area contributed by atoms with Crippen LogP contribution in [0.1, 0.15) is 132 Å². The second kappa shape index (κ2) is 16.8. The van der Waals surface area contributed by atoms with Gasteiger partial charge in [-0.3, -0.25) is 0 Å². The van der Waals surface area contributed by atoms with Crippen molar-refractivity contribution in [2.45, 2.75) is 131 Å². The summed E-state index contributed by atoms with van der Waals surface area (Å²) < 4.78 is 7.25. The Labute approximate surface area is 435 Å². The summed E-state index contributed by atoms with van der Waals surface area (Å²) in [5.74, 6) is 0. The highest BCUT2D eigenvalue weighted by Crippen LogP contribution is 2.51. The molecule has 4 nitrogen and oxygen atoms in total. The average Bonchev–Trinajstić information content (AvgIpc) is 3.72. The Balaban J connectivity index is 1.31. The molecule has 0 fully saturated rings. The smallest absolute Gasteiger partial charge is 0.252 e. The first-order valence-electron chi connectivity index (χ1n) is 26.5. The summed E-state index contributed by atoms with van der Waals surface area (Å²) >= 11 is 0. The van der Waals surface area contributed by atoms with Crippen molar-refractivity contribution in [1.29, 1.82) is 0 Å². The molecule has 0 atom stereocenters. The van der Waals surface area contributed by atoms with E-state index in [1.807, 2.05) is 0 Å². The fraction of sp³-hybridized carbons (Fsp3) is 0.294. The molecule has 3 heterocycles. The predicted octanol–water partition coefficient (Wildman–Crippen LogP) is 17.6. The normalized spacial score (nSPS) is 13.9. The molecule has 0 saturated carbocycles. The molecule has 11 rings (SSSR count). The molecule has 0 bridgehead atoms. The number of nitrogens with zero attached hydrogens (tertiary/aromatic N) is 3. The maximum atomic E-state index is 7.25. The van der Waals surface area contributed by atoms with Gasteiger partial charge in [0.15, 0.2) is 5.58 Å². The van der Waals surface area contributed by atoms with Crippen molar-refractivity contribution >= 4 is 96.2 Å². The highest BCUT2D eigenvalue weighted by Gasteiger charge is 2.45. The van der Waals surface area contributed by atoms with E-state index in [1.54, 1.807) is 0 Å². The van der Waals surface area contributed by atoms with E-state index >= 15 is 0 Å². The van der Waals surface area contributed by atoms with Gasteiger partial charge in [-0.15, -0.1) is 0 Å². The number of anilines is 9. The quantitative estimate of drug-likeness (QED) is 0.160. The molecule has 5 heteroatoms. The molecule has 0 unspecified atom stereocenters. The van der Waals surface area contributed by atoms with Gasteiger partial charge in [-0.05, 0) is 132 Å². The van der Waals surface area contributed by atoms with Crippen LogP contribution in [-0.4, -0.2) is 6.71 Å². The van der Waals surface area contributed by atoms with Crippen molar-refractivity contribution in [3.63, 3.8) is 0 Å². The number of benzene rings is 8. The first-order valence-corrected chi connectivity index (χ1v) is 26.5. The number of hydrogen-bond acceptors (Lipinski definition) is 4. The summed E-state index contributed by atoms with van der Waals surface area (Å²) in [7, 11) is 0. The first-order chi connectivity index (χ1) is 34.4. The molecule has 368 valence electrons. The van der Waals surface area contributed by atoms with E-state index in [2.05, 4.69) is 282 Å². The Morgan fingerprint density at radius 1 is 0.370 bits per heavy atom. The molecule has 0 amide bonds. The minimum atomic E-state index is -0.113. The van der Waals surface area contributed by atoms with Crippen molar-refractivity contribution in [2.24, 2.45) is 0 Å². The van der Waals surface area contributed by atoms with Crippen LogP contribution in [0.3, 0.4) is 0 Å². The lowest BCUT2D eigenvalue weighted by molar-refractivity contribution is 0.573. The summed E-state index contributed by atoms with van der Waals surface area (Å²) in [6.45, 7) is 34.7. The minimum Gasteiger partial charge on any atom is -0.454 e. The maximum Gasteiger partial charge on any atom is 0.252 e. The van der Waals surface area contributed by atoms with Crippen LogP contribution >= 0.6 is 0 Å². The Bertz CT molecular complexity index is 3470. The van der Waals surface area contributed by atoms with Crippen LogP contribution < -0.4 is 31.1 Å². The standard InChI is InChI=1S/C68H72BN3O/c1-64(2,3)43-23-19-27-48(37-43)71-57-39-45(66(7,8)9)33-35-54(57)69-55-36-34-46(67(10,11)12)40-58(55)72(49-28-20-24-44(38-49)65(4,5)6)60-42-50(41-59(71)61(60)69)70(47-25-17-16-18-26-47)56-32-22-30-52-51-29-21-31-53(68(13,14)15)62(51)73-63(52)56/h16-42H,1-15H3. The van der Waals surface area contributed by atoms with Crippen LogP contribution in [0.4, 0.5) is 51.2 Å². The zero-order chi connectivity index (χ0) is 51.7. The van der Waals surface area contributed by atoms with Crippen molar-refractivity contribution in [2.75, 3.05) is 14.7 Å². The molecular weight excluding hydrogens is 886 g/mol. The van der Waals surface area contributed by atoms with Gasteiger partial charge in [-0.1, -0.05) is 201 Å². The van der Waals surface area contributed by atoms with E-state index < -0.39 is 0 Å². The van der Waals surface area contributed by atoms with Crippen LogP contribution in [-0.2, 0) is 27.1 Å². The van der Waals surface area contributed by atoms with Crippen LogP contribution in [0.5, 0.6) is 0 Å². The van der Waals surface area contributed by atoms with Crippen molar-refractivity contribution < 1.29 is 4.42 Å². The summed E-state index contributed by atoms with van der Waals surface area (Å²) in [4.78, 5) is 7.64. The number of fused-ring (bicyclic) bond motifs is 7. The van der Waals surface area contributed by atoms with E-state index in [-0.39, 0.29) is 33.8 Å². The molecule has 2 aliphatic heterocycles. The molecule has 0 aliphatic carbocycles. The molecular formula is C68H72BN3O. The molecule has 73 heavy (non-hydrogen) atoms. The third-order valence-corrected chi connectivity index (χ3v) is 15.6. The van der Waals surface area contributed by atoms with Gasteiger partial charge in [0.05, 0.1) is 11.4 Å². The zero-order valence-electron chi connectivity index (χ0n) is 45.9. The molecule has 9 aromatic rings. The van der Waals surface area contributed by atoms with Gasteiger partial charge in [0.2, 0.25) is 0 Å². The highest BCUT2D eigenvalue weighted by molar-refractivity contribution is 7.00. The molecule has 0 saturated heterocycles. The maximum absolute atomic E-state index is 7.25. The average molecular weight is 958 g/mol. The Kier molecular flexibility index (Phi) is 11.1. The lowest BCUT2D eigenvalue weighted by atomic mass is 9.33. The highest BCUT2D eigenvalue weighted by atomic mass is 16.3. The van der Waals surface area contributed by atoms with Gasteiger partial charge < -0.3 is 19.1 Å². The Morgan fingerprint density at radius 3 is 1.30 bits per heavy atom. The molecule has 8 aromatic carbocycles. The third-order valence-electron chi connectivity index (χ3n) is 15.6. The van der Waals surface area contributed by atoms with Crippen LogP contribution in [0.2, 0.25) is 0 Å². The van der Waals surface area contributed by atoms with E-state index in [0.29, 0.717) is 0 Å². The summed E-state index contributed by atoms with van der Waals surface area (Å²) in [5.41, 5.74) is 21.9. The van der Waals surface area contributed by atoms with Crippen LogP contribution in [0.15, 0.2) is 168 Å². The largest absolute Gasteiger partial charge is 0.454 e. The first kappa shape index (κ1) is 48.3. The van der Waals surface area contributed by atoms with Gasteiger partial charge in [0.1, 0.15) is 5.58 Å². The van der Waals surface area contributed by atoms with Gasteiger partial charge in [0.25, 0.3) is 6.71 Å². The number of para-hydroxylation sites is 3. The van der Waals surface area contributed by atoms with Crippen LogP contribution in [0, 0.1) is 0 Å².